The highest BCUT2D eigenvalue weighted by atomic mass is 35.5. The number of esters is 1. The number of fused-ring (bicyclic) bond motifs is 1. The lowest BCUT2D eigenvalue weighted by Gasteiger charge is -2.06. The molecule has 0 atom stereocenters. The Kier molecular flexibility index (Phi) is 3.58. The van der Waals surface area contributed by atoms with Gasteiger partial charge in [0.1, 0.15) is 0 Å². The lowest BCUT2D eigenvalue weighted by Crippen LogP contribution is -2.04. The molecule has 3 aromatic rings. The van der Waals surface area contributed by atoms with Gasteiger partial charge in [0.05, 0.1) is 12.3 Å². The maximum atomic E-state index is 11.8. The van der Waals surface area contributed by atoms with Crippen molar-refractivity contribution >= 4 is 23.3 Å². The third kappa shape index (κ3) is 2.48. The number of imidazole rings is 1. The fourth-order valence-corrected chi connectivity index (χ4v) is 2.32. The van der Waals surface area contributed by atoms with E-state index in [1.54, 1.807) is 23.7 Å². The normalized spacial score (nSPS) is 10.8. The molecule has 21 heavy (non-hydrogen) atoms. The Labute approximate surface area is 126 Å². The number of aromatic nitrogens is 3. The van der Waals surface area contributed by atoms with E-state index in [2.05, 4.69) is 9.97 Å². The van der Waals surface area contributed by atoms with Gasteiger partial charge in [0.25, 0.3) is 0 Å². The van der Waals surface area contributed by atoms with Gasteiger partial charge in [-0.15, -0.1) is 0 Å². The zero-order valence-corrected chi connectivity index (χ0v) is 12.0. The number of hydrogen-bond acceptors (Lipinski definition) is 4. The van der Waals surface area contributed by atoms with Crippen molar-refractivity contribution in [1.29, 1.82) is 0 Å². The molecule has 0 bridgehead atoms. The van der Waals surface area contributed by atoms with Crippen LogP contribution in [-0.2, 0) is 4.74 Å². The minimum Gasteiger partial charge on any atom is -0.461 e. The molecule has 0 unspecified atom stereocenters. The summed E-state index contributed by atoms with van der Waals surface area (Å²) in [5.74, 6) is -0.0384. The largest absolute Gasteiger partial charge is 0.461 e. The Hall–Kier alpha value is -2.40. The van der Waals surface area contributed by atoms with Gasteiger partial charge in [-0.2, -0.15) is 0 Å². The SMILES string of the molecule is CCOC(=O)c1cn2c(-c3ccccc3Cl)ccnc2n1. The lowest BCUT2D eigenvalue weighted by atomic mass is 10.1. The fraction of sp³-hybridized carbons (Fsp3) is 0.133. The molecule has 0 radical (unpaired) electrons. The van der Waals surface area contributed by atoms with Crippen LogP contribution in [0.15, 0.2) is 42.7 Å². The van der Waals surface area contributed by atoms with Crippen LogP contribution in [0.2, 0.25) is 5.02 Å². The molecule has 5 nitrogen and oxygen atoms in total. The van der Waals surface area contributed by atoms with Gasteiger partial charge in [-0.05, 0) is 19.1 Å². The minimum atomic E-state index is -0.465. The van der Waals surface area contributed by atoms with E-state index in [1.807, 2.05) is 30.3 Å². The molecular weight excluding hydrogens is 290 g/mol. The second-order valence-corrected chi connectivity index (χ2v) is 4.73. The number of carbonyl (C=O) groups is 1. The van der Waals surface area contributed by atoms with Crippen LogP contribution in [0.1, 0.15) is 17.4 Å². The fourth-order valence-electron chi connectivity index (χ4n) is 2.09. The van der Waals surface area contributed by atoms with E-state index in [0.717, 1.165) is 11.3 Å². The Morgan fingerprint density at radius 2 is 2.14 bits per heavy atom. The second-order valence-electron chi connectivity index (χ2n) is 4.33. The zero-order valence-electron chi connectivity index (χ0n) is 11.3. The molecule has 0 N–H and O–H groups in total. The maximum absolute atomic E-state index is 11.8. The first-order valence-electron chi connectivity index (χ1n) is 6.47. The van der Waals surface area contributed by atoms with E-state index in [-0.39, 0.29) is 5.69 Å². The third-order valence-corrected chi connectivity index (χ3v) is 3.33. The van der Waals surface area contributed by atoms with Crippen molar-refractivity contribution in [3.8, 4) is 11.3 Å². The highest BCUT2D eigenvalue weighted by Gasteiger charge is 2.15. The van der Waals surface area contributed by atoms with Crippen LogP contribution in [0.25, 0.3) is 17.0 Å². The molecule has 0 fully saturated rings. The van der Waals surface area contributed by atoms with Gasteiger partial charge < -0.3 is 4.74 Å². The number of benzene rings is 1. The molecular formula is C15H12ClN3O2. The number of ether oxygens (including phenoxy) is 1. The number of rotatable bonds is 3. The monoisotopic (exact) mass is 301 g/mol. The van der Waals surface area contributed by atoms with E-state index in [1.165, 1.54) is 0 Å². The van der Waals surface area contributed by atoms with Crippen LogP contribution in [0.3, 0.4) is 0 Å². The number of hydrogen-bond donors (Lipinski definition) is 0. The van der Waals surface area contributed by atoms with Crippen molar-refractivity contribution in [2.45, 2.75) is 6.92 Å². The third-order valence-electron chi connectivity index (χ3n) is 3.00. The summed E-state index contributed by atoms with van der Waals surface area (Å²) >= 11 is 6.23. The molecule has 6 heteroatoms. The van der Waals surface area contributed by atoms with Crippen molar-refractivity contribution < 1.29 is 9.53 Å². The molecule has 0 aliphatic carbocycles. The molecule has 3 rings (SSSR count). The highest BCUT2D eigenvalue weighted by molar-refractivity contribution is 6.33. The molecule has 0 aliphatic rings. The van der Waals surface area contributed by atoms with Crippen molar-refractivity contribution in [3.05, 3.63) is 53.4 Å². The molecule has 0 spiro atoms. The smallest absolute Gasteiger partial charge is 0.358 e. The first kappa shape index (κ1) is 13.6. The van der Waals surface area contributed by atoms with Crippen molar-refractivity contribution in [1.82, 2.24) is 14.4 Å². The van der Waals surface area contributed by atoms with Gasteiger partial charge in [-0.1, -0.05) is 29.8 Å². The summed E-state index contributed by atoms with van der Waals surface area (Å²) in [5, 5.41) is 0.622. The molecule has 0 saturated carbocycles. The van der Waals surface area contributed by atoms with E-state index in [4.69, 9.17) is 16.3 Å². The van der Waals surface area contributed by atoms with Crippen molar-refractivity contribution in [2.75, 3.05) is 6.61 Å². The van der Waals surface area contributed by atoms with Crippen LogP contribution in [0, 0.1) is 0 Å². The summed E-state index contributed by atoms with van der Waals surface area (Å²) in [4.78, 5) is 20.1. The summed E-state index contributed by atoms with van der Waals surface area (Å²) in [6, 6.07) is 9.30. The average molecular weight is 302 g/mol. The van der Waals surface area contributed by atoms with E-state index < -0.39 is 5.97 Å². The Morgan fingerprint density at radius 1 is 1.33 bits per heavy atom. The molecule has 1 aromatic carbocycles. The first-order chi connectivity index (χ1) is 10.2. The second kappa shape index (κ2) is 5.54. The lowest BCUT2D eigenvalue weighted by molar-refractivity contribution is 0.0520. The van der Waals surface area contributed by atoms with Crippen LogP contribution in [-0.4, -0.2) is 26.9 Å². The van der Waals surface area contributed by atoms with Crippen molar-refractivity contribution in [3.63, 3.8) is 0 Å². The Bertz CT molecular complexity index is 814. The molecule has 0 aliphatic heterocycles. The maximum Gasteiger partial charge on any atom is 0.358 e. The standard InChI is InChI=1S/C15H12ClN3O2/c1-2-21-14(20)12-9-19-13(7-8-17-15(19)18-12)10-5-3-4-6-11(10)16/h3-9H,2H2,1H3. The summed E-state index contributed by atoms with van der Waals surface area (Å²) in [6.07, 6.45) is 3.24. The molecule has 2 aromatic heterocycles. The van der Waals surface area contributed by atoms with Crippen LogP contribution in [0.5, 0.6) is 0 Å². The molecule has 106 valence electrons. The van der Waals surface area contributed by atoms with E-state index in [0.29, 0.717) is 17.4 Å². The first-order valence-corrected chi connectivity index (χ1v) is 6.84. The average Bonchev–Trinajstić information content (AvgIpc) is 2.92. The predicted molar refractivity (Wildman–Crippen MR) is 79.4 cm³/mol. The van der Waals surface area contributed by atoms with Crippen LogP contribution < -0.4 is 0 Å². The summed E-state index contributed by atoms with van der Waals surface area (Å²) in [6.45, 7) is 2.05. The van der Waals surface area contributed by atoms with E-state index >= 15 is 0 Å². The van der Waals surface area contributed by atoms with Gasteiger partial charge in [0, 0.05) is 23.0 Å². The number of nitrogens with zero attached hydrogens (tertiary/aromatic N) is 3. The summed E-state index contributed by atoms with van der Waals surface area (Å²) in [5.41, 5.74) is 1.89. The molecule has 0 amide bonds. The molecule has 2 heterocycles. The number of carbonyl (C=O) groups excluding carboxylic acids is 1. The quantitative estimate of drug-likeness (QED) is 0.697. The van der Waals surface area contributed by atoms with Crippen molar-refractivity contribution in [2.24, 2.45) is 0 Å². The summed E-state index contributed by atoms with van der Waals surface area (Å²) < 4.78 is 6.69. The van der Waals surface area contributed by atoms with Gasteiger partial charge in [0.15, 0.2) is 5.69 Å². The predicted octanol–water partition coefficient (Wildman–Crippen LogP) is 3.23. The zero-order chi connectivity index (χ0) is 14.8. The minimum absolute atomic E-state index is 0.226. The topological polar surface area (TPSA) is 56.5 Å². The van der Waals surface area contributed by atoms with Gasteiger partial charge >= 0.3 is 5.97 Å². The van der Waals surface area contributed by atoms with E-state index in [9.17, 15) is 4.79 Å². The van der Waals surface area contributed by atoms with Gasteiger partial charge in [-0.3, -0.25) is 4.40 Å². The molecule has 0 saturated heterocycles. The highest BCUT2D eigenvalue weighted by Crippen LogP contribution is 2.27. The summed E-state index contributed by atoms with van der Waals surface area (Å²) in [7, 11) is 0. The van der Waals surface area contributed by atoms with Crippen LogP contribution >= 0.6 is 11.6 Å². The Balaban J connectivity index is 2.17. The van der Waals surface area contributed by atoms with Crippen LogP contribution in [0.4, 0.5) is 0 Å². The van der Waals surface area contributed by atoms with Gasteiger partial charge in [0.2, 0.25) is 5.78 Å². The Morgan fingerprint density at radius 3 is 2.90 bits per heavy atom. The van der Waals surface area contributed by atoms with Gasteiger partial charge in [-0.25, -0.2) is 14.8 Å². The number of halogens is 1.